The lowest BCUT2D eigenvalue weighted by molar-refractivity contribution is -0.150. The van der Waals surface area contributed by atoms with Crippen LogP contribution in [0.4, 0.5) is 10.5 Å². The van der Waals surface area contributed by atoms with Gasteiger partial charge in [0.05, 0.1) is 34.1 Å². The number of thiazole rings is 1. The number of carbonyl (C=O) groups is 1. The molecule has 1 unspecified atom stereocenters. The summed E-state index contributed by atoms with van der Waals surface area (Å²) in [6.07, 6.45) is 3.23. The van der Waals surface area contributed by atoms with Crippen molar-refractivity contribution in [1.82, 2.24) is 15.0 Å². The second-order valence-corrected chi connectivity index (χ2v) is 14.3. The van der Waals surface area contributed by atoms with E-state index in [2.05, 4.69) is 20.3 Å². The summed E-state index contributed by atoms with van der Waals surface area (Å²) in [6, 6.07) is 4.95. The van der Waals surface area contributed by atoms with Gasteiger partial charge in [0.15, 0.2) is 6.10 Å². The summed E-state index contributed by atoms with van der Waals surface area (Å²) >= 11 is 1.48. The zero-order chi connectivity index (χ0) is 29.1. The van der Waals surface area contributed by atoms with Gasteiger partial charge in [-0.15, -0.1) is 11.3 Å². The van der Waals surface area contributed by atoms with E-state index in [4.69, 9.17) is 14.2 Å². The summed E-state index contributed by atoms with van der Waals surface area (Å²) in [5.41, 5.74) is 0.112. The minimum absolute atomic E-state index is 0.0504. The first-order valence-corrected chi connectivity index (χ1v) is 15.9. The van der Waals surface area contributed by atoms with Gasteiger partial charge >= 0.3 is 6.09 Å². The van der Waals surface area contributed by atoms with E-state index in [0.717, 1.165) is 35.6 Å². The minimum atomic E-state index is -3.94. The highest BCUT2D eigenvalue weighted by Gasteiger charge is 2.29. The molecule has 1 aromatic heterocycles. The zero-order valence-electron chi connectivity index (χ0n) is 23.6. The van der Waals surface area contributed by atoms with E-state index in [-0.39, 0.29) is 29.1 Å². The SMILES string of the molecule is CC(C)OC(O)NC1CCC(c2ncc(-c3ccc(NC(=O)OC4COC4)cc3S(=O)(=O)NC(C)(C)C)s2)CC1. The Kier molecular flexibility index (Phi) is 9.87. The van der Waals surface area contributed by atoms with Gasteiger partial charge in [-0.05, 0) is 72.4 Å². The number of amides is 1. The number of aliphatic hydroxyl groups is 1. The second kappa shape index (κ2) is 12.8. The maximum atomic E-state index is 13.5. The van der Waals surface area contributed by atoms with Gasteiger partial charge < -0.3 is 19.3 Å². The maximum Gasteiger partial charge on any atom is 0.412 e. The molecule has 13 heteroatoms. The molecular formula is C27H40N4O7S2. The molecule has 222 valence electrons. The molecule has 1 amide bonds. The molecule has 1 saturated heterocycles. The Morgan fingerprint density at radius 3 is 2.48 bits per heavy atom. The van der Waals surface area contributed by atoms with E-state index < -0.39 is 28.1 Å². The van der Waals surface area contributed by atoms with Gasteiger partial charge in [0, 0.05) is 34.9 Å². The highest BCUT2D eigenvalue weighted by atomic mass is 32.2. The predicted octanol–water partition coefficient (Wildman–Crippen LogP) is 4.15. The van der Waals surface area contributed by atoms with Crippen LogP contribution in [0.15, 0.2) is 29.3 Å². The Bertz CT molecular complexity index is 1260. The monoisotopic (exact) mass is 596 g/mol. The number of carbonyl (C=O) groups excluding carboxylic acids is 1. The number of ether oxygens (including phenoxy) is 3. The van der Waals surface area contributed by atoms with Crippen molar-refractivity contribution >= 4 is 33.1 Å². The molecule has 2 aromatic rings. The van der Waals surface area contributed by atoms with Crippen LogP contribution in [0.3, 0.4) is 0 Å². The van der Waals surface area contributed by atoms with Crippen molar-refractivity contribution in [2.24, 2.45) is 0 Å². The number of aromatic nitrogens is 1. The molecule has 40 heavy (non-hydrogen) atoms. The van der Waals surface area contributed by atoms with Crippen LogP contribution < -0.4 is 15.4 Å². The van der Waals surface area contributed by atoms with Crippen LogP contribution in [0, 0.1) is 0 Å². The number of hydrogen-bond donors (Lipinski definition) is 4. The third kappa shape index (κ3) is 8.44. The molecule has 4 N–H and O–H groups in total. The van der Waals surface area contributed by atoms with Gasteiger partial charge in [0.2, 0.25) is 16.4 Å². The molecular weight excluding hydrogens is 556 g/mol. The first-order chi connectivity index (χ1) is 18.8. The number of rotatable bonds is 10. The summed E-state index contributed by atoms with van der Waals surface area (Å²) < 4.78 is 45.4. The van der Waals surface area contributed by atoms with Gasteiger partial charge in [0.1, 0.15) is 0 Å². The molecule has 1 aliphatic heterocycles. The lowest BCUT2D eigenvalue weighted by atomic mass is 9.86. The van der Waals surface area contributed by atoms with Crippen molar-refractivity contribution in [1.29, 1.82) is 0 Å². The van der Waals surface area contributed by atoms with Gasteiger partial charge in [-0.3, -0.25) is 10.6 Å². The van der Waals surface area contributed by atoms with Crippen LogP contribution in [0.2, 0.25) is 0 Å². The molecule has 0 spiro atoms. The van der Waals surface area contributed by atoms with E-state index in [1.165, 1.54) is 17.4 Å². The van der Waals surface area contributed by atoms with Gasteiger partial charge in [-0.2, -0.15) is 0 Å². The van der Waals surface area contributed by atoms with Crippen molar-refractivity contribution < 1.29 is 32.5 Å². The Morgan fingerprint density at radius 1 is 1.18 bits per heavy atom. The van der Waals surface area contributed by atoms with Crippen LogP contribution in [0.25, 0.3) is 10.4 Å². The molecule has 1 saturated carbocycles. The largest absolute Gasteiger partial charge is 0.441 e. The van der Waals surface area contributed by atoms with Crippen molar-refractivity contribution in [2.45, 2.75) is 101 Å². The molecule has 2 heterocycles. The molecule has 2 fully saturated rings. The standard InChI is InChI=1S/C27H40N4O7S2/c1-16(2)37-25(32)29-18-8-6-17(7-9-18)24-28-13-22(39-24)21-11-10-19(30-26(33)38-20-14-36-15-20)12-23(21)40(34,35)31-27(3,4)5/h10-13,16-18,20,25,29,31-32H,6-9,14-15H2,1-5H3,(H,30,33). The normalized spacial score (nSPS) is 21.2. The van der Waals surface area contributed by atoms with Gasteiger partial charge in [0.25, 0.3) is 0 Å². The number of nitrogens with zero attached hydrogens (tertiary/aromatic N) is 1. The first kappa shape index (κ1) is 30.8. The summed E-state index contributed by atoms with van der Waals surface area (Å²) in [5, 5.41) is 16.7. The number of anilines is 1. The average molecular weight is 597 g/mol. The number of aliphatic hydroxyl groups excluding tert-OH is 1. The van der Waals surface area contributed by atoms with E-state index in [9.17, 15) is 18.3 Å². The lowest BCUT2D eigenvalue weighted by Crippen LogP contribution is -2.42. The van der Waals surface area contributed by atoms with Crippen molar-refractivity contribution in [3.63, 3.8) is 0 Å². The lowest BCUT2D eigenvalue weighted by Gasteiger charge is -2.30. The maximum absolute atomic E-state index is 13.5. The number of hydrogen-bond acceptors (Lipinski definition) is 10. The molecule has 11 nitrogen and oxygen atoms in total. The molecule has 2 aliphatic rings. The summed E-state index contributed by atoms with van der Waals surface area (Å²) in [7, 11) is -3.94. The smallest absolute Gasteiger partial charge is 0.412 e. The van der Waals surface area contributed by atoms with Gasteiger partial charge in [-0.1, -0.05) is 6.07 Å². The number of benzene rings is 1. The topological polar surface area (TPSA) is 148 Å². The highest BCUT2D eigenvalue weighted by Crippen LogP contribution is 2.40. The van der Waals surface area contributed by atoms with Crippen molar-refractivity contribution in [3.8, 4) is 10.4 Å². The molecule has 1 atom stereocenters. The molecule has 0 bridgehead atoms. The number of sulfonamides is 1. The van der Waals surface area contributed by atoms with Crippen LogP contribution >= 0.6 is 11.3 Å². The Labute approximate surface area is 240 Å². The van der Waals surface area contributed by atoms with Crippen molar-refractivity contribution in [3.05, 3.63) is 29.4 Å². The minimum Gasteiger partial charge on any atom is -0.441 e. The van der Waals surface area contributed by atoms with Crippen LogP contribution in [0.1, 0.15) is 71.2 Å². The zero-order valence-corrected chi connectivity index (χ0v) is 25.2. The highest BCUT2D eigenvalue weighted by molar-refractivity contribution is 7.89. The second-order valence-electron chi connectivity index (χ2n) is 11.6. The quantitative estimate of drug-likeness (QED) is 0.297. The van der Waals surface area contributed by atoms with Crippen molar-refractivity contribution in [2.75, 3.05) is 18.5 Å². The van der Waals surface area contributed by atoms with Crippen LogP contribution in [0.5, 0.6) is 0 Å². The molecule has 4 rings (SSSR count). The van der Waals surface area contributed by atoms with Gasteiger partial charge in [-0.25, -0.2) is 22.9 Å². The first-order valence-electron chi connectivity index (χ1n) is 13.6. The Morgan fingerprint density at radius 2 is 1.88 bits per heavy atom. The Balaban J connectivity index is 1.51. The number of nitrogens with one attached hydrogen (secondary N) is 3. The average Bonchev–Trinajstić information content (AvgIpc) is 3.30. The molecule has 0 radical (unpaired) electrons. The van der Waals surface area contributed by atoms with Crippen LogP contribution in [-0.4, -0.2) is 68.0 Å². The molecule has 1 aromatic carbocycles. The van der Waals surface area contributed by atoms with E-state index in [1.807, 2.05) is 13.8 Å². The molecule has 1 aliphatic carbocycles. The Hall–Kier alpha value is -2.13. The fraction of sp³-hybridized carbons (Fsp3) is 0.630. The fourth-order valence-electron chi connectivity index (χ4n) is 4.67. The third-order valence-electron chi connectivity index (χ3n) is 6.48. The summed E-state index contributed by atoms with van der Waals surface area (Å²) in [4.78, 5) is 17.7. The third-order valence-corrected chi connectivity index (χ3v) is 9.48. The summed E-state index contributed by atoms with van der Waals surface area (Å²) in [6.45, 7) is 9.77. The predicted molar refractivity (Wildman–Crippen MR) is 153 cm³/mol. The van der Waals surface area contributed by atoms with E-state index in [1.54, 1.807) is 39.1 Å². The van der Waals surface area contributed by atoms with E-state index >= 15 is 0 Å². The van der Waals surface area contributed by atoms with E-state index in [0.29, 0.717) is 24.5 Å². The fourth-order valence-corrected chi connectivity index (χ4v) is 7.53. The van der Waals surface area contributed by atoms with Crippen LogP contribution in [-0.2, 0) is 24.2 Å². The summed E-state index contributed by atoms with van der Waals surface area (Å²) in [5.74, 6) is 0.249.